The lowest BCUT2D eigenvalue weighted by molar-refractivity contribution is 0.100. The van der Waals surface area contributed by atoms with E-state index in [4.69, 9.17) is 15.9 Å². The number of carbonyl (C=O) groups is 1. The molecule has 2 heterocycles. The van der Waals surface area contributed by atoms with Gasteiger partial charge in [-0.15, -0.1) is 11.3 Å². The summed E-state index contributed by atoms with van der Waals surface area (Å²) >= 11 is 1.05. The molecule has 0 saturated carbocycles. The predicted octanol–water partition coefficient (Wildman–Crippen LogP) is 4.61. The third-order valence-electron chi connectivity index (χ3n) is 5.25. The summed E-state index contributed by atoms with van der Waals surface area (Å²) in [4.78, 5) is 20.2. The molecule has 0 spiro atoms. The van der Waals surface area contributed by atoms with Crippen molar-refractivity contribution in [3.05, 3.63) is 95.7 Å². The number of benzene rings is 2. The van der Waals surface area contributed by atoms with Gasteiger partial charge in [-0.1, -0.05) is 18.2 Å². The summed E-state index contributed by atoms with van der Waals surface area (Å²) in [5, 5.41) is 17.9. The number of thiazole rings is 1. The van der Waals surface area contributed by atoms with Gasteiger partial charge in [0, 0.05) is 37.2 Å². The van der Waals surface area contributed by atoms with Crippen LogP contribution < -0.4 is 5.73 Å². The Balaban J connectivity index is 0.000000236. The van der Waals surface area contributed by atoms with Crippen LogP contribution in [0, 0.1) is 23.4 Å². The minimum absolute atomic E-state index is 0.00108. The Kier molecular flexibility index (Phi) is 9.69. The van der Waals surface area contributed by atoms with E-state index in [-0.39, 0.29) is 35.3 Å². The van der Waals surface area contributed by atoms with Crippen LogP contribution >= 0.6 is 11.3 Å². The maximum absolute atomic E-state index is 14.1. The quantitative estimate of drug-likeness (QED) is 0.318. The molecule has 4 aromatic rings. The molecule has 4 rings (SSSR count). The number of nitrogens with two attached hydrogens (primary N) is 1. The van der Waals surface area contributed by atoms with Crippen molar-refractivity contribution in [3.63, 3.8) is 0 Å². The average Bonchev–Trinajstić information content (AvgIpc) is 3.37. The van der Waals surface area contributed by atoms with Crippen molar-refractivity contribution in [2.75, 3.05) is 13.2 Å². The molecule has 36 heavy (non-hydrogen) atoms. The van der Waals surface area contributed by atoms with Crippen LogP contribution in [0.15, 0.2) is 67.0 Å². The molecule has 0 radical (unpaired) electrons. The van der Waals surface area contributed by atoms with Crippen molar-refractivity contribution in [1.82, 2.24) is 9.97 Å². The number of carbonyl (C=O) groups excluding carboxylic acids is 1. The van der Waals surface area contributed by atoms with Crippen LogP contribution in [-0.2, 0) is 6.42 Å². The number of amides is 1. The summed E-state index contributed by atoms with van der Waals surface area (Å²) in [5.41, 5.74) is 6.68. The number of rotatable bonds is 8. The summed E-state index contributed by atoms with van der Waals surface area (Å²) in [6, 6.07) is 13.2. The largest absolute Gasteiger partial charge is 0.396 e. The number of aryl methyl sites for hydroxylation is 1. The van der Waals surface area contributed by atoms with Gasteiger partial charge in [0.15, 0.2) is 11.6 Å². The smallest absolute Gasteiger partial charge is 0.249 e. The number of aliphatic hydroxyl groups excluding tert-OH is 2. The van der Waals surface area contributed by atoms with Crippen molar-refractivity contribution in [1.29, 1.82) is 0 Å². The highest BCUT2D eigenvalue weighted by atomic mass is 32.1. The van der Waals surface area contributed by atoms with Gasteiger partial charge in [0.25, 0.3) is 0 Å². The highest BCUT2D eigenvalue weighted by Crippen LogP contribution is 2.35. The van der Waals surface area contributed by atoms with Gasteiger partial charge in [-0.05, 0) is 54.8 Å². The Morgan fingerprint density at radius 1 is 0.944 bits per heavy atom. The van der Waals surface area contributed by atoms with E-state index in [0.29, 0.717) is 10.4 Å². The van der Waals surface area contributed by atoms with Gasteiger partial charge in [-0.25, -0.2) is 18.2 Å². The second-order valence-corrected chi connectivity index (χ2v) is 8.81. The number of nitrogens with zero attached hydrogens (tertiary/aromatic N) is 2. The molecule has 0 aliphatic rings. The molecule has 188 valence electrons. The lowest BCUT2D eigenvalue weighted by atomic mass is 10.0. The second-order valence-electron chi connectivity index (χ2n) is 7.78. The van der Waals surface area contributed by atoms with Gasteiger partial charge in [0.1, 0.15) is 10.8 Å². The fourth-order valence-electron chi connectivity index (χ4n) is 3.26. The summed E-state index contributed by atoms with van der Waals surface area (Å²) in [7, 11) is 0. The van der Waals surface area contributed by atoms with Crippen LogP contribution in [-0.4, -0.2) is 39.3 Å². The van der Waals surface area contributed by atoms with Gasteiger partial charge in [0.05, 0.1) is 16.0 Å². The minimum atomic E-state index is -0.985. The highest BCUT2D eigenvalue weighted by Gasteiger charge is 2.18. The molecule has 2 aromatic heterocycles. The van der Waals surface area contributed by atoms with Gasteiger partial charge in [-0.3, -0.25) is 9.78 Å². The first-order valence-corrected chi connectivity index (χ1v) is 11.8. The number of aromatic nitrogens is 2. The summed E-state index contributed by atoms with van der Waals surface area (Å²) in [6.07, 6.45) is 4.75. The normalized spacial score (nSPS) is 10.7. The molecule has 2 aromatic carbocycles. The monoisotopic (exact) mass is 515 g/mol. The third kappa shape index (κ3) is 6.97. The van der Waals surface area contributed by atoms with E-state index in [1.165, 1.54) is 30.5 Å². The summed E-state index contributed by atoms with van der Waals surface area (Å²) in [6.45, 7) is 0.0899. The molecule has 0 fully saturated rings. The molecule has 10 heteroatoms. The number of pyridine rings is 1. The zero-order valence-corrected chi connectivity index (χ0v) is 19.9. The topological polar surface area (TPSA) is 109 Å². The molecule has 0 aliphatic heterocycles. The first kappa shape index (κ1) is 27.0. The molecule has 0 unspecified atom stereocenters. The molecular weight excluding hydrogens is 491 g/mol. The Morgan fingerprint density at radius 3 is 2.36 bits per heavy atom. The fourth-order valence-corrected chi connectivity index (χ4v) is 4.23. The van der Waals surface area contributed by atoms with E-state index in [2.05, 4.69) is 9.97 Å². The SMILES string of the molecule is NC(=O)c1cccc(F)c1-c1ncc(-c2ccc(F)c(F)c2)s1.OCC(CO)CCc1ccccn1. The Morgan fingerprint density at radius 2 is 1.72 bits per heavy atom. The maximum Gasteiger partial charge on any atom is 0.249 e. The van der Waals surface area contributed by atoms with Crippen LogP contribution in [0.2, 0.25) is 0 Å². The third-order valence-corrected chi connectivity index (χ3v) is 6.32. The zero-order chi connectivity index (χ0) is 26.1. The van der Waals surface area contributed by atoms with E-state index >= 15 is 0 Å². The Hall–Kier alpha value is -3.60. The van der Waals surface area contributed by atoms with E-state index in [9.17, 15) is 18.0 Å². The summed E-state index contributed by atoms with van der Waals surface area (Å²) < 4.78 is 40.4. The highest BCUT2D eigenvalue weighted by molar-refractivity contribution is 7.18. The van der Waals surface area contributed by atoms with Crippen molar-refractivity contribution in [2.24, 2.45) is 11.7 Å². The fraction of sp³-hybridized carbons (Fsp3) is 0.192. The van der Waals surface area contributed by atoms with Gasteiger partial charge in [0.2, 0.25) is 5.91 Å². The standard InChI is InChI=1S/C16H9F3N2OS.C10H15NO2/c17-10-5-4-8(6-12(10)19)13-7-21-16(23-13)14-9(15(20)22)2-1-3-11(14)18;12-7-9(8-13)4-5-10-3-1-2-6-11-10/h1-7H,(H2,20,22);1-3,6,9,12-13H,4-5,7-8H2. The maximum atomic E-state index is 14.1. The lowest BCUT2D eigenvalue weighted by Gasteiger charge is -2.09. The van der Waals surface area contributed by atoms with Gasteiger partial charge in [-0.2, -0.15) is 0 Å². The molecule has 0 bridgehead atoms. The van der Waals surface area contributed by atoms with Crippen LogP contribution in [0.5, 0.6) is 0 Å². The van der Waals surface area contributed by atoms with Gasteiger partial charge < -0.3 is 15.9 Å². The predicted molar refractivity (Wildman–Crippen MR) is 132 cm³/mol. The van der Waals surface area contributed by atoms with E-state index in [1.54, 1.807) is 6.20 Å². The van der Waals surface area contributed by atoms with Crippen molar-refractivity contribution >= 4 is 17.2 Å². The zero-order valence-electron chi connectivity index (χ0n) is 19.1. The number of hydrogen-bond acceptors (Lipinski definition) is 6. The Bertz CT molecular complexity index is 1300. The molecule has 0 atom stereocenters. The summed E-state index contributed by atoms with van der Waals surface area (Å²) in [5.74, 6) is -3.36. The van der Waals surface area contributed by atoms with E-state index < -0.39 is 23.4 Å². The number of aliphatic hydroxyl groups is 2. The minimum Gasteiger partial charge on any atom is -0.396 e. The first-order valence-electron chi connectivity index (χ1n) is 11.0. The molecule has 1 amide bonds. The van der Waals surface area contributed by atoms with E-state index in [1.807, 2.05) is 18.2 Å². The molecule has 0 saturated heterocycles. The van der Waals surface area contributed by atoms with E-state index in [0.717, 1.165) is 42.0 Å². The average molecular weight is 516 g/mol. The van der Waals surface area contributed by atoms with Crippen molar-refractivity contribution in [2.45, 2.75) is 12.8 Å². The first-order chi connectivity index (χ1) is 17.3. The van der Waals surface area contributed by atoms with Crippen molar-refractivity contribution < 1.29 is 28.2 Å². The number of primary amides is 1. The van der Waals surface area contributed by atoms with Crippen LogP contribution in [0.25, 0.3) is 21.0 Å². The molecule has 4 N–H and O–H groups in total. The molecule has 6 nitrogen and oxygen atoms in total. The van der Waals surface area contributed by atoms with Crippen LogP contribution in [0.1, 0.15) is 22.5 Å². The Labute approximate surface area is 209 Å². The second kappa shape index (κ2) is 12.9. The number of hydrogen-bond donors (Lipinski definition) is 3. The van der Waals surface area contributed by atoms with Crippen LogP contribution in [0.4, 0.5) is 13.2 Å². The molecule has 0 aliphatic carbocycles. The number of halogens is 3. The van der Waals surface area contributed by atoms with Gasteiger partial charge >= 0.3 is 0 Å². The lowest BCUT2D eigenvalue weighted by Crippen LogP contribution is -2.13. The van der Waals surface area contributed by atoms with Crippen molar-refractivity contribution in [3.8, 4) is 21.0 Å². The van der Waals surface area contributed by atoms with Crippen LogP contribution in [0.3, 0.4) is 0 Å². The molecular formula is C26H24F3N3O3S.